The molecular weight excluding hydrogens is 264 g/mol. The van der Waals surface area contributed by atoms with E-state index >= 15 is 0 Å². The van der Waals surface area contributed by atoms with Gasteiger partial charge >= 0.3 is 0 Å². The summed E-state index contributed by atoms with van der Waals surface area (Å²) in [5.74, 6) is 0.910. The number of nitrogens with one attached hydrogen (secondary N) is 1. The van der Waals surface area contributed by atoms with Crippen LogP contribution in [0.25, 0.3) is 0 Å². The van der Waals surface area contributed by atoms with Gasteiger partial charge in [-0.25, -0.2) is 4.98 Å². The van der Waals surface area contributed by atoms with Crippen LogP contribution in [-0.4, -0.2) is 32.5 Å². The molecule has 0 aromatic carbocycles. The van der Waals surface area contributed by atoms with Gasteiger partial charge in [-0.1, -0.05) is 19.3 Å². The predicted octanol–water partition coefficient (Wildman–Crippen LogP) is 2.41. The van der Waals surface area contributed by atoms with Crippen LogP contribution >= 0.6 is 0 Å². The lowest BCUT2D eigenvalue weighted by atomic mass is 9.83. The van der Waals surface area contributed by atoms with Gasteiger partial charge in [0.2, 0.25) is 0 Å². The molecule has 5 heteroatoms. The van der Waals surface area contributed by atoms with Crippen molar-refractivity contribution < 1.29 is 4.74 Å². The molecule has 116 valence electrons. The van der Waals surface area contributed by atoms with Gasteiger partial charge in [0.1, 0.15) is 6.33 Å². The topological polar surface area (TPSA) is 52.0 Å². The van der Waals surface area contributed by atoms with Crippen LogP contribution in [0.1, 0.15) is 63.6 Å². The van der Waals surface area contributed by atoms with Gasteiger partial charge in [0.15, 0.2) is 5.82 Å². The van der Waals surface area contributed by atoms with E-state index in [1.807, 2.05) is 11.0 Å². The Hall–Kier alpha value is -0.940. The van der Waals surface area contributed by atoms with E-state index in [1.165, 1.54) is 57.8 Å². The molecular formula is C16H26N4O. The molecule has 1 spiro atoms. The first-order valence-corrected chi connectivity index (χ1v) is 8.61. The van der Waals surface area contributed by atoms with Gasteiger partial charge in [-0.3, -0.25) is 4.68 Å². The summed E-state index contributed by atoms with van der Waals surface area (Å²) in [5, 5.41) is 8.03. The van der Waals surface area contributed by atoms with Crippen LogP contribution in [0.15, 0.2) is 6.33 Å². The normalized spacial score (nSPS) is 28.3. The van der Waals surface area contributed by atoms with E-state index < -0.39 is 0 Å². The zero-order valence-corrected chi connectivity index (χ0v) is 12.8. The van der Waals surface area contributed by atoms with Crippen molar-refractivity contribution in [2.45, 2.75) is 88.6 Å². The van der Waals surface area contributed by atoms with Gasteiger partial charge in [0.05, 0.1) is 24.8 Å². The molecule has 0 radical (unpaired) electrons. The smallest absolute Gasteiger partial charge is 0.164 e. The Morgan fingerprint density at radius 1 is 1.19 bits per heavy atom. The molecule has 2 heterocycles. The van der Waals surface area contributed by atoms with E-state index in [-0.39, 0.29) is 5.60 Å². The summed E-state index contributed by atoms with van der Waals surface area (Å²) in [6.45, 7) is 1.66. The van der Waals surface area contributed by atoms with Crippen molar-refractivity contribution >= 4 is 0 Å². The van der Waals surface area contributed by atoms with Gasteiger partial charge in [-0.05, 0) is 38.5 Å². The summed E-state index contributed by atoms with van der Waals surface area (Å²) in [6, 6.07) is 0.710. The van der Waals surface area contributed by atoms with E-state index in [0.717, 1.165) is 18.9 Å². The molecule has 3 aliphatic rings. The van der Waals surface area contributed by atoms with E-state index in [2.05, 4.69) is 15.4 Å². The highest BCUT2D eigenvalue weighted by Crippen LogP contribution is 2.42. The monoisotopic (exact) mass is 290 g/mol. The van der Waals surface area contributed by atoms with Crippen molar-refractivity contribution in [3.63, 3.8) is 0 Å². The molecule has 1 saturated heterocycles. The number of ether oxygens (including phenoxy) is 1. The van der Waals surface area contributed by atoms with Crippen LogP contribution in [0, 0.1) is 0 Å². The molecule has 1 unspecified atom stereocenters. The maximum atomic E-state index is 6.41. The molecule has 2 saturated carbocycles. The Bertz CT molecular complexity index is 476. The van der Waals surface area contributed by atoms with Gasteiger partial charge in [0.25, 0.3) is 0 Å². The summed E-state index contributed by atoms with van der Waals surface area (Å²) >= 11 is 0. The second-order valence-corrected chi connectivity index (χ2v) is 7.06. The number of nitrogens with zero attached hydrogens (tertiary/aromatic N) is 3. The Morgan fingerprint density at radius 2 is 2.05 bits per heavy atom. The van der Waals surface area contributed by atoms with Gasteiger partial charge in [-0.15, -0.1) is 0 Å². The van der Waals surface area contributed by atoms with Crippen LogP contribution in [0.3, 0.4) is 0 Å². The van der Waals surface area contributed by atoms with Crippen LogP contribution in [-0.2, 0) is 17.8 Å². The van der Waals surface area contributed by atoms with E-state index in [0.29, 0.717) is 12.1 Å². The fraction of sp³-hybridized carbons (Fsp3) is 0.875. The number of rotatable bonds is 5. The predicted molar refractivity (Wildman–Crippen MR) is 79.8 cm³/mol. The summed E-state index contributed by atoms with van der Waals surface area (Å²) in [7, 11) is 0. The zero-order chi connectivity index (χ0) is 14.1. The summed E-state index contributed by atoms with van der Waals surface area (Å²) in [5.41, 5.74) is 0.208. The molecule has 0 amide bonds. The SMILES string of the molecule is c1nc(CNC2CC2)nn1CC1CCC2(CCCCC2)O1. The van der Waals surface area contributed by atoms with E-state index in [4.69, 9.17) is 4.74 Å². The molecule has 2 aliphatic carbocycles. The lowest BCUT2D eigenvalue weighted by molar-refractivity contribution is -0.0688. The standard InChI is InChI=1S/C16H26N4O/c1-2-7-16(8-3-1)9-6-14(21-16)11-20-12-18-15(19-20)10-17-13-4-5-13/h12-14,17H,1-11H2. The Labute approximate surface area is 126 Å². The first kappa shape index (κ1) is 13.7. The summed E-state index contributed by atoms with van der Waals surface area (Å²) < 4.78 is 8.38. The van der Waals surface area contributed by atoms with Gasteiger partial charge < -0.3 is 10.1 Å². The largest absolute Gasteiger partial charge is 0.370 e. The summed E-state index contributed by atoms with van der Waals surface area (Å²) in [4.78, 5) is 4.40. The second kappa shape index (κ2) is 5.69. The highest BCUT2D eigenvalue weighted by molar-refractivity contribution is 4.92. The Balaban J connectivity index is 1.29. The average Bonchev–Trinajstić information content (AvgIpc) is 3.11. The molecule has 1 aliphatic heterocycles. The van der Waals surface area contributed by atoms with E-state index in [9.17, 15) is 0 Å². The maximum Gasteiger partial charge on any atom is 0.164 e. The van der Waals surface area contributed by atoms with Crippen LogP contribution in [0.5, 0.6) is 0 Å². The lowest BCUT2D eigenvalue weighted by Gasteiger charge is -2.33. The molecule has 1 N–H and O–H groups in total. The first-order chi connectivity index (χ1) is 10.3. The fourth-order valence-electron chi connectivity index (χ4n) is 3.82. The average molecular weight is 290 g/mol. The molecule has 3 fully saturated rings. The van der Waals surface area contributed by atoms with Gasteiger partial charge in [0, 0.05) is 6.04 Å². The van der Waals surface area contributed by atoms with Crippen molar-refractivity contribution in [2.24, 2.45) is 0 Å². The zero-order valence-electron chi connectivity index (χ0n) is 12.8. The quantitative estimate of drug-likeness (QED) is 0.905. The van der Waals surface area contributed by atoms with Gasteiger partial charge in [-0.2, -0.15) is 5.10 Å². The minimum absolute atomic E-state index is 0.208. The first-order valence-electron chi connectivity index (χ1n) is 8.61. The molecule has 1 atom stereocenters. The third kappa shape index (κ3) is 3.29. The fourth-order valence-corrected chi connectivity index (χ4v) is 3.82. The molecule has 1 aromatic heterocycles. The minimum atomic E-state index is 0.208. The molecule has 0 bridgehead atoms. The van der Waals surface area contributed by atoms with Crippen molar-refractivity contribution in [1.82, 2.24) is 20.1 Å². The van der Waals surface area contributed by atoms with Crippen molar-refractivity contribution in [2.75, 3.05) is 0 Å². The third-order valence-electron chi connectivity index (χ3n) is 5.20. The molecule has 21 heavy (non-hydrogen) atoms. The number of hydrogen-bond donors (Lipinski definition) is 1. The van der Waals surface area contributed by atoms with E-state index in [1.54, 1.807) is 0 Å². The third-order valence-corrected chi connectivity index (χ3v) is 5.20. The Morgan fingerprint density at radius 3 is 2.86 bits per heavy atom. The molecule has 4 rings (SSSR count). The van der Waals surface area contributed by atoms with Crippen molar-refractivity contribution in [3.05, 3.63) is 12.2 Å². The number of aromatic nitrogens is 3. The highest BCUT2D eigenvalue weighted by Gasteiger charge is 2.40. The van der Waals surface area contributed by atoms with Crippen LogP contribution < -0.4 is 5.32 Å². The molecule has 5 nitrogen and oxygen atoms in total. The maximum absolute atomic E-state index is 6.41. The highest BCUT2D eigenvalue weighted by atomic mass is 16.5. The van der Waals surface area contributed by atoms with Crippen LogP contribution in [0.2, 0.25) is 0 Å². The lowest BCUT2D eigenvalue weighted by Crippen LogP contribution is -2.32. The molecule has 1 aromatic rings. The van der Waals surface area contributed by atoms with Crippen molar-refractivity contribution in [1.29, 1.82) is 0 Å². The van der Waals surface area contributed by atoms with Crippen LogP contribution in [0.4, 0.5) is 0 Å². The number of hydrogen-bond acceptors (Lipinski definition) is 4. The Kier molecular flexibility index (Phi) is 3.71. The minimum Gasteiger partial charge on any atom is -0.370 e. The second-order valence-electron chi connectivity index (χ2n) is 7.06. The summed E-state index contributed by atoms with van der Waals surface area (Å²) in [6.07, 6.45) is 13.8. The van der Waals surface area contributed by atoms with Crippen molar-refractivity contribution in [3.8, 4) is 0 Å².